The molecule has 2 aromatic heterocycles. The molecule has 110 valence electrons. The van der Waals surface area contributed by atoms with Crippen molar-refractivity contribution in [3.05, 3.63) is 29.7 Å². The molecule has 0 amide bonds. The van der Waals surface area contributed by atoms with Gasteiger partial charge in [0.1, 0.15) is 5.82 Å². The number of rotatable bonds is 5. The maximum Gasteiger partial charge on any atom is 0.435 e. The van der Waals surface area contributed by atoms with Gasteiger partial charge in [-0.15, -0.1) is 0 Å². The monoisotopic (exact) mass is 287 g/mol. The molecule has 0 spiro atoms. The molecule has 0 aliphatic carbocycles. The third kappa shape index (κ3) is 3.31. The van der Waals surface area contributed by atoms with Crippen LogP contribution in [0.25, 0.3) is 0 Å². The van der Waals surface area contributed by atoms with Crippen LogP contribution in [0.1, 0.15) is 24.7 Å². The van der Waals surface area contributed by atoms with Crippen LogP contribution in [0.5, 0.6) is 0 Å². The van der Waals surface area contributed by atoms with E-state index in [0.717, 1.165) is 19.0 Å². The molecule has 0 atom stereocenters. The van der Waals surface area contributed by atoms with Gasteiger partial charge in [-0.05, 0) is 12.5 Å². The zero-order chi connectivity index (χ0) is 14.8. The fourth-order valence-electron chi connectivity index (χ4n) is 1.80. The Labute approximate surface area is 114 Å². The number of hydrogen-bond acceptors (Lipinski definition) is 3. The zero-order valence-corrected chi connectivity index (χ0v) is 11.3. The molecule has 2 rings (SSSR count). The summed E-state index contributed by atoms with van der Waals surface area (Å²) in [5.41, 5.74) is -0.435. The van der Waals surface area contributed by atoms with Gasteiger partial charge in [-0.3, -0.25) is 9.36 Å². The lowest BCUT2D eigenvalue weighted by Gasteiger charge is -2.03. The third-order valence-corrected chi connectivity index (χ3v) is 2.81. The van der Waals surface area contributed by atoms with Gasteiger partial charge in [-0.25, -0.2) is 0 Å². The van der Waals surface area contributed by atoms with Crippen LogP contribution in [0.15, 0.2) is 18.3 Å². The summed E-state index contributed by atoms with van der Waals surface area (Å²) in [5, 5.41) is 10.7. The molecular formula is C12H16F3N5. The molecule has 5 nitrogen and oxygen atoms in total. The van der Waals surface area contributed by atoms with Gasteiger partial charge in [0.25, 0.3) is 0 Å². The Hall–Kier alpha value is -1.99. The van der Waals surface area contributed by atoms with E-state index >= 15 is 0 Å². The second-order valence-corrected chi connectivity index (χ2v) is 4.46. The van der Waals surface area contributed by atoms with Gasteiger partial charge in [0, 0.05) is 25.9 Å². The lowest BCUT2D eigenvalue weighted by Crippen LogP contribution is -2.07. The van der Waals surface area contributed by atoms with Crippen LogP contribution in [0, 0.1) is 0 Å². The normalized spacial score (nSPS) is 11.8. The van der Waals surface area contributed by atoms with Crippen LogP contribution < -0.4 is 5.32 Å². The average molecular weight is 287 g/mol. The van der Waals surface area contributed by atoms with E-state index in [4.69, 9.17) is 0 Å². The van der Waals surface area contributed by atoms with E-state index in [9.17, 15) is 13.2 Å². The molecule has 0 aliphatic rings. The molecule has 0 radical (unpaired) electrons. The smallest absolute Gasteiger partial charge is 0.363 e. The van der Waals surface area contributed by atoms with Crippen LogP contribution in [-0.4, -0.2) is 19.6 Å². The molecule has 2 heterocycles. The summed E-state index contributed by atoms with van der Waals surface area (Å²) >= 11 is 0. The SMILES string of the molecule is CCCn1ccc(NCc2cc(C(F)(F)F)nn2C)n1. The van der Waals surface area contributed by atoms with Crippen molar-refractivity contribution in [2.45, 2.75) is 32.6 Å². The van der Waals surface area contributed by atoms with Crippen molar-refractivity contribution in [3.8, 4) is 0 Å². The summed E-state index contributed by atoms with van der Waals surface area (Å²) in [7, 11) is 1.49. The fraction of sp³-hybridized carbons (Fsp3) is 0.500. The van der Waals surface area contributed by atoms with Crippen molar-refractivity contribution in [2.24, 2.45) is 7.05 Å². The minimum absolute atomic E-state index is 0.239. The number of aryl methyl sites for hydroxylation is 2. The molecule has 8 heteroatoms. The standard InChI is InChI=1S/C12H16F3N5/c1-3-5-20-6-4-11(18-20)16-8-9-7-10(12(13,14)15)17-19(9)2/h4,6-7H,3,5,8H2,1-2H3,(H,16,18). The predicted molar refractivity (Wildman–Crippen MR) is 68.1 cm³/mol. The van der Waals surface area contributed by atoms with Gasteiger partial charge in [0.15, 0.2) is 5.69 Å². The third-order valence-electron chi connectivity index (χ3n) is 2.81. The molecule has 1 N–H and O–H groups in total. The van der Waals surface area contributed by atoms with Crippen LogP contribution in [0.4, 0.5) is 19.0 Å². The van der Waals surface area contributed by atoms with Crippen molar-refractivity contribution in [2.75, 3.05) is 5.32 Å². The Morgan fingerprint density at radius 1 is 1.30 bits per heavy atom. The predicted octanol–water partition coefficient (Wildman–Crippen LogP) is 2.66. The average Bonchev–Trinajstić information content (AvgIpc) is 2.93. The molecule has 0 aromatic carbocycles. The van der Waals surface area contributed by atoms with Crippen molar-refractivity contribution in [1.82, 2.24) is 19.6 Å². The largest absolute Gasteiger partial charge is 0.435 e. The molecular weight excluding hydrogens is 271 g/mol. The zero-order valence-electron chi connectivity index (χ0n) is 11.3. The molecule has 20 heavy (non-hydrogen) atoms. The Morgan fingerprint density at radius 2 is 2.05 bits per heavy atom. The van der Waals surface area contributed by atoms with E-state index in [1.54, 1.807) is 10.7 Å². The Kier molecular flexibility index (Phi) is 4.01. The van der Waals surface area contributed by atoms with E-state index in [1.165, 1.54) is 11.7 Å². The number of aromatic nitrogens is 4. The molecule has 0 fully saturated rings. The van der Waals surface area contributed by atoms with Crippen molar-refractivity contribution < 1.29 is 13.2 Å². The maximum absolute atomic E-state index is 12.5. The minimum atomic E-state index is -4.42. The first kappa shape index (κ1) is 14.4. The van der Waals surface area contributed by atoms with Crippen molar-refractivity contribution in [1.29, 1.82) is 0 Å². The first-order valence-corrected chi connectivity index (χ1v) is 6.27. The van der Waals surface area contributed by atoms with Crippen LogP contribution in [-0.2, 0) is 26.3 Å². The molecule has 0 aliphatic heterocycles. The molecule has 0 saturated carbocycles. The topological polar surface area (TPSA) is 47.7 Å². The summed E-state index contributed by atoms with van der Waals surface area (Å²) in [6.07, 6.45) is -1.62. The number of alkyl halides is 3. The molecule has 2 aromatic rings. The van der Waals surface area contributed by atoms with Gasteiger partial charge in [-0.1, -0.05) is 6.92 Å². The van der Waals surface area contributed by atoms with E-state index in [-0.39, 0.29) is 6.54 Å². The Bertz CT molecular complexity index is 570. The Morgan fingerprint density at radius 3 is 2.65 bits per heavy atom. The number of nitrogens with one attached hydrogen (secondary N) is 1. The van der Waals surface area contributed by atoms with Crippen LogP contribution in [0.3, 0.4) is 0 Å². The summed E-state index contributed by atoms with van der Waals surface area (Å²) in [5.74, 6) is 0.633. The molecule has 0 bridgehead atoms. The molecule has 0 unspecified atom stereocenters. The van der Waals surface area contributed by atoms with Crippen molar-refractivity contribution in [3.63, 3.8) is 0 Å². The van der Waals surface area contributed by atoms with E-state index in [0.29, 0.717) is 11.5 Å². The Balaban J connectivity index is 2.01. The maximum atomic E-state index is 12.5. The number of halogens is 3. The van der Waals surface area contributed by atoms with E-state index < -0.39 is 11.9 Å². The van der Waals surface area contributed by atoms with Crippen LogP contribution in [0.2, 0.25) is 0 Å². The van der Waals surface area contributed by atoms with Gasteiger partial charge in [-0.2, -0.15) is 23.4 Å². The number of anilines is 1. The summed E-state index contributed by atoms with van der Waals surface area (Å²) in [4.78, 5) is 0. The first-order valence-electron chi connectivity index (χ1n) is 6.27. The van der Waals surface area contributed by atoms with Crippen LogP contribution >= 0.6 is 0 Å². The fourth-order valence-corrected chi connectivity index (χ4v) is 1.80. The molecule has 0 saturated heterocycles. The number of nitrogens with zero attached hydrogens (tertiary/aromatic N) is 4. The van der Waals surface area contributed by atoms with E-state index in [1.807, 2.05) is 13.1 Å². The lowest BCUT2D eigenvalue weighted by atomic mass is 10.3. The summed E-state index contributed by atoms with van der Waals surface area (Å²) < 4.78 is 40.6. The summed E-state index contributed by atoms with van der Waals surface area (Å²) in [6, 6.07) is 2.83. The highest BCUT2D eigenvalue weighted by atomic mass is 19.4. The van der Waals surface area contributed by atoms with Gasteiger partial charge >= 0.3 is 6.18 Å². The van der Waals surface area contributed by atoms with Gasteiger partial charge in [0.2, 0.25) is 0 Å². The lowest BCUT2D eigenvalue weighted by molar-refractivity contribution is -0.141. The summed E-state index contributed by atoms with van der Waals surface area (Å²) in [6.45, 7) is 3.09. The highest BCUT2D eigenvalue weighted by molar-refractivity contribution is 5.33. The highest BCUT2D eigenvalue weighted by Crippen LogP contribution is 2.28. The second-order valence-electron chi connectivity index (χ2n) is 4.46. The quantitative estimate of drug-likeness (QED) is 0.919. The highest BCUT2D eigenvalue weighted by Gasteiger charge is 2.34. The van der Waals surface area contributed by atoms with Gasteiger partial charge in [0.05, 0.1) is 12.2 Å². The first-order chi connectivity index (χ1) is 9.40. The minimum Gasteiger partial charge on any atom is -0.363 e. The number of hydrogen-bond donors (Lipinski definition) is 1. The van der Waals surface area contributed by atoms with E-state index in [2.05, 4.69) is 15.5 Å². The van der Waals surface area contributed by atoms with Crippen molar-refractivity contribution >= 4 is 5.82 Å². The second kappa shape index (κ2) is 5.56. The van der Waals surface area contributed by atoms with Gasteiger partial charge < -0.3 is 5.32 Å².